The van der Waals surface area contributed by atoms with Gasteiger partial charge < -0.3 is 9.73 Å². The van der Waals surface area contributed by atoms with Gasteiger partial charge in [-0.05, 0) is 49.2 Å². The summed E-state index contributed by atoms with van der Waals surface area (Å²) in [5, 5.41) is 5.56. The third-order valence-corrected chi connectivity index (χ3v) is 8.60. The monoisotopic (exact) mass is 513 g/mol. The van der Waals surface area contributed by atoms with Crippen molar-refractivity contribution >= 4 is 43.4 Å². The number of nitrogens with zero attached hydrogens (tertiary/aromatic N) is 2. The fourth-order valence-electron chi connectivity index (χ4n) is 4.02. The molecule has 1 N–H and O–H groups in total. The molecule has 8 nitrogen and oxygen atoms in total. The molecule has 35 heavy (non-hydrogen) atoms. The number of anilines is 1. The molecule has 1 aliphatic rings. The van der Waals surface area contributed by atoms with Crippen molar-refractivity contribution in [2.75, 3.05) is 18.4 Å². The Morgan fingerprint density at radius 3 is 2.57 bits per heavy atom. The van der Waals surface area contributed by atoms with Gasteiger partial charge in [-0.25, -0.2) is 22.6 Å². The topological polar surface area (TPSA) is 110 Å². The van der Waals surface area contributed by atoms with Gasteiger partial charge in [0.05, 0.1) is 16.2 Å². The van der Waals surface area contributed by atoms with Crippen LogP contribution >= 0.6 is 11.3 Å². The summed E-state index contributed by atoms with van der Waals surface area (Å²) in [7, 11) is -3.75. The smallest absolute Gasteiger partial charge is 0.345 e. The number of halogens is 1. The lowest BCUT2D eigenvalue weighted by atomic mass is 9.97. The molecular weight excluding hydrogens is 493 g/mol. The number of aromatic nitrogens is 1. The van der Waals surface area contributed by atoms with Crippen LogP contribution < -0.4 is 10.9 Å². The number of para-hydroxylation sites is 1. The van der Waals surface area contributed by atoms with E-state index in [4.69, 9.17) is 4.42 Å². The summed E-state index contributed by atoms with van der Waals surface area (Å²) >= 11 is 1.19. The molecule has 3 heterocycles. The summed E-state index contributed by atoms with van der Waals surface area (Å²) < 4.78 is 45.4. The van der Waals surface area contributed by atoms with Crippen LogP contribution in [0.1, 0.15) is 12.8 Å². The van der Waals surface area contributed by atoms with Crippen LogP contribution in [0.25, 0.3) is 22.2 Å². The molecule has 11 heteroatoms. The van der Waals surface area contributed by atoms with Gasteiger partial charge in [-0.1, -0.05) is 18.2 Å². The van der Waals surface area contributed by atoms with E-state index >= 15 is 0 Å². The van der Waals surface area contributed by atoms with Gasteiger partial charge in [0.1, 0.15) is 11.4 Å². The normalized spacial score (nSPS) is 15.3. The number of sulfonamides is 1. The molecule has 2 aromatic heterocycles. The molecule has 180 valence electrons. The van der Waals surface area contributed by atoms with Gasteiger partial charge in [0.2, 0.25) is 15.9 Å². The van der Waals surface area contributed by atoms with Gasteiger partial charge in [-0.2, -0.15) is 4.31 Å². The molecule has 0 saturated carbocycles. The zero-order valence-electron chi connectivity index (χ0n) is 18.3. The first kappa shape index (κ1) is 23.3. The van der Waals surface area contributed by atoms with E-state index in [1.165, 1.54) is 27.8 Å². The van der Waals surface area contributed by atoms with Crippen LogP contribution in [0.15, 0.2) is 74.1 Å². The van der Waals surface area contributed by atoms with Crippen molar-refractivity contribution < 1.29 is 22.0 Å². The summed E-state index contributed by atoms with van der Waals surface area (Å²) in [6, 6.07) is 13.6. The van der Waals surface area contributed by atoms with Crippen molar-refractivity contribution in [1.82, 2.24) is 9.29 Å². The van der Waals surface area contributed by atoms with Gasteiger partial charge in [-0.3, -0.25) is 4.79 Å². The van der Waals surface area contributed by atoms with Gasteiger partial charge in [0, 0.05) is 29.8 Å². The van der Waals surface area contributed by atoms with Crippen LogP contribution in [0, 0.1) is 11.7 Å². The van der Waals surface area contributed by atoms with E-state index in [0.717, 1.165) is 17.5 Å². The van der Waals surface area contributed by atoms with E-state index in [1.807, 2.05) is 12.1 Å². The number of hydrogen-bond donors (Lipinski definition) is 1. The number of nitrogens with one attached hydrogen (secondary N) is 1. The maximum atomic E-state index is 13.1. The second-order valence-electron chi connectivity index (χ2n) is 8.14. The van der Waals surface area contributed by atoms with Crippen molar-refractivity contribution in [3.8, 4) is 11.3 Å². The minimum atomic E-state index is -3.75. The minimum absolute atomic E-state index is 0.0234. The van der Waals surface area contributed by atoms with Gasteiger partial charge in [0.15, 0.2) is 5.13 Å². The van der Waals surface area contributed by atoms with Crippen LogP contribution in [-0.4, -0.2) is 36.7 Å². The fourth-order valence-corrected chi connectivity index (χ4v) is 6.20. The molecule has 0 spiro atoms. The Hall–Kier alpha value is -3.41. The number of amides is 1. The van der Waals surface area contributed by atoms with E-state index in [2.05, 4.69) is 10.3 Å². The molecule has 0 atom stereocenters. The number of piperidine rings is 1. The van der Waals surface area contributed by atoms with Crippen LogP contribution in [0.4, 0.5) is 9.52 Å². The molecule has 1 saturated heterocycles. The van der Waals surface area contributed by atoms with Crippen LogP contribution in [0.2, 0.25) is 0 Å². The van der Waals surface area contributed by atoms with E-state index in [-0.39, 0.29) is 29.8 Å². The quantitative estimate of drug-likeness (QED) is 0.403. The van der Waals surface area contributed by atoms with Crippen molar-refractivity contribution in [3.05, 3.63) is 76.2 Å². The zero-order valence-corrected chi connectivity index (χ0v) is 19.9. The Kier molecular flexibility index (Phi) is 6.22. The van der Waals surface area contributed by atoms with Crippen molar-refractivity contribution in [1.29, 1.82) is 0 Å². The Labute approximate surface area is 204 Å². The SMILES string of the molecule is O=C(Nc1nc(-c2cc3ccccc3oc2=O)cs1)C1CCN(S(=O)(=O)c2ccc(F)cc2)CC1. The fraction of sp³-hybridized carbons (Fsp3) is 0.208. The Morgan fingerprint density at radius 2 is 1.83 bits per heavy atom. The molecule has 1 aliphatic heterocycles. The lowest BCUT2D eigenvalue weighted by Gasteiger charge is -2.30. The van der Waals surface area contributed by atoms with Crippen molar-refractivity contribution in [2.24, 2.45) is 5.92 Å². The van der Waals surface area contributed by atoms with Crippen LogP contribution in [0.3, 0.4) is 0 Å². The van der Waals surface area contributed by atoms with Crippen LogP contribution in [0.5, 0.6) is 0 Å². The predicted molar refractivity (Wildman–Crippen MR) is 130 cm³/mol. The minimum Gasteiger partial charge on any atom is -0.422 e. The second-order valence-corrected chi connectivity index (χ2v) is 10.9. The lowest BCUT2D eigenvalue weighted by molar-refractivity contribution is -0.120. The standard InChI is InChI=1S/C24H20FN3O5S2/c25-17-5-7-18(8-6-17)35(31,32)28-11-9-15(10-12-28)22(29)27-24-26-20(14-34-24)19-13-16-3-1-2-4-21(16)33-23(19)30/h1-8,13-15H,9-12H2,(H,26,27,29). The molecule has 0 radical (unpaired) electrons. The summed E-state index contributed by atoms with van der Waals surface area (Å²) in [4.78, 5) is 29.6. The van der Waals surface area contributed by atoms with E-state index in [9.17, 15) is 22.4 Å². The number of carbonyl (C=O) groups is 1. The number of thiazole rings is 1. The average Bonchev–Trinajstić information content (AvgIpc) is 3.32. The Bertz CT molecular complexity index is 1560. The number of benzene rings is 2. The molecule has 1 amide bonds. The molecule has 2 aromatic carbocycles. The van der Waals surface area contributed by atoms with Crippen LogP contribution in [-0.2, 0) is 14.8 Å². The number of rotatable bonds is 5. The summed E-state index contributed by atoms with van der Waals surface area (Å²) in [6.45, 7) is 0.359. The Balaban J connectivity index is 1.24. The third-order valence-electron chi connectivity index (χ3n) is 5.93. The number of hydrogen-bond acceptors (Lipinski definition) is 7. The van der Waals surface area contributed by atoms with Crippen molar-refractivity contribution in [3.63, 3.8) is 0 Å². The Morgan fingerprint density at radius 1 is 1.11 bits per heavy atom. The zero-order chi connectivity index (χ0) is 24.6. The van der Waals surface area contributed by atoms with E-state index in [1.54, 1.807) is 23.6 Å². The highest BCUT2D eigenvalue weighted by molar-refractivity contribution is 7.89. The highest BCUT2D eigenvalue weighted by Gasteiger charge is 2.32. The summed E-state index contributed by atoms with van der Waals surface area (Å²) in [5.41, 5.74) is 0.684. The van der Waals surface area contributed by atoms with Gasteiger partial charge in [-0.15, -0.1) is 11.3 Å². The predicted octanol–water partition coefficient (Wildman–Crippen LogP) is 4.10. The van der Waals surface area contributed by atoms with Gasteiger partial charge >= 0.3 is 5.63 Å². The maximum Gasteiger partial charge on any atom is 0.345 e. The molecule has 0 unspecified atom stereocenters. The molecule has 0 bridgehead atoms. The number of carbonyl (C=O) groups excluding carboxylic acids is 1. The highest BCUT2D eigenvalue weighted by atomic mass is 32.2. The largest absolute Gasteiger partial charge is 0.422 e. The first-order valence-corrected chi connectivity index (χ1v) is 13.2. The maximum absolute atomic E-state index is 13.1. The lowest BCUT2D eigenvalue weighted by Crippen LogP contribution is -2.41. The molecule has 1 fully saturated rings. The average molecular weight is 514 g/mol. The van der Waals surface area contributed by atoms with Crippen molar-refractivity contribution in [2.45, 2.75) is 17.7 Å². The third kappa shape index (κ3) is 4.75. The number of fused-ring (bicyclic) bond motifs is 1. The van der Waals surface area contributed by atoms with Gasteiger partial charge in [0.25, 0.3) is 0 Å². The first-order valence-electron chi connectivity index (χ1n) is 10.9. The molecule has 4 aromatic rings. The highest BCUT2D eigenvalue weighted by Crippen LogP contribution is 2.28. The van der Waals surface area contributed by atoms with E-state index in [0.29, 0.717) is 34.8 Å². The molecular formula is C24H20FN3O5S2. The summed E-state index contributed by atoms with van der Waals surface area (Å²) in [6.07, 6.45) is 0.692. The molecule has 5 rings (SSSR count). The molecule has 0 aliphatic carbocycles. The van der Waals surface area contributed by atoms with E-state index < -0.39 is 21.5 Å². The first-order chi connectivity index (χ1) is 16.8. The summed E-state index contributed by atoms with van der Waals surface area (Å²) in [5.74, 6) is -1.14. The second kappa shape index (κ2) is 9.33.